The number of carboxylic acids is 1. The Morgan fingerprint density at radius 1 is 1.35 bits per heavy atom. The quantitative estimate of drug-likeness (QED) is 0.663. The molecule has 102 valence electrons. The Morgan fingerprint density at radius 2 is 2.10 bits per heavy atom. The monoisotopic (exact) mass is 355 g/mol. The van der Waals surface area contributed by atoms with Crippen molar-refractivity contribution in [2.45, 2.75) is 9.92 Å². The highest BCUT2D eigenvalue weighted by atomic mass is 79.9. The molecule has 0 bridgehead atoms. The van der Waals surface area contributed by atoms with Crippen LogP contribution in [0.1, 0.15) is 10.4 Å². The number of nitrogens with zero attached hydrogens (tertiary/aromatic N) is 3. The van der Waals surface area contributed by atoms with Crippen molar-refractivity contribution in [3.63, 3.8) is 0 Å². The lowest BCUT2D eigenvalue weighted by Crippen LogP contribution is -1.97. The summed E-state index contributed by atoms with van der Waals surface area (Å²) in [6.45, 7) is 0. The van der Waals surface area contributed by atoms with Crippen LogP contribution in [0.2, 0.25) is 0 Å². The second-order valence-corrected chi connectivity index (χ2v) is 5.40. The lowest BCUT2D eigenvalue weighted by atomic mass is 10.3. The number of hydrogen-bond donors (Lipinski definition) is 1. The molecule has 2 heterocycles. The fourth-order valence-electron chi connectivity index (χ4n) is 1.32. The van der Waals surface area contributed by atoms with E-state index in [2.05, 4.69) is 25.9 Å². The van der Waals surface area contributed by atoms with E-state index in [4.69, 9.17) is 5.11 Å². The van der Waals surface area contributed by atoms with Gasteiger partial charge >= 0.3 is 11.7 Å². The molecule has 0 spiro atoms. The molecule has 7 nitrogen and oxygen atoms in total. The van der Waals surface area contributed by atoms with E-state index < -0.39 is 10.9 Å². The molecule has 2 aromatic rings. The number of pyridine rings is 2. The third-order valence-corrected chi connectivity index (χ3v) is 4.17. The molecule has 0 aromatic carbocycles. The number of hydrogen-bond acceptors (Lipinski definition) is 6. The first-order chi connectivity index (χ1) is 9.49. The zero-order chi connectivity index (χ0) is 14.7. The van der Waals surface area contributed by atoms with Crippen LogP contribution < -0.4 is 0 Å². The van der Waals surface area contributed by atoms with Crippen LogP contribution in [-0.2, 0) is 0 Å². The van der Waals surface area contributed by atoms with Crippen LogP contribution in [0.5, 0.6) is 0 Å². The fourth-order valence-corrected chi connectivity index (χ4v) is 2.71. The molecule has 0 saturated heterocycles. The van der Waals surface area contributed by atoms with Gasteiger partial charge in [0.25, 0.3) is 0 Å². The first-order valence-corrected chi connectivity index (χ1v) is 6.75. The van der Waals surface area contributed by atoms with E-state index in [1.807, 2.05) is 0 Å². The topological polar surface area (TPSA) is 106 Å². The molecule has 0 radical (unpaired) electrons. The summed E-state index contributed by atoms with van der Waals surface area (Å²) in [5.74, 6) is -1.08. The summed E-state index contributed by atoms with van der Waals surface area (Å²) in [6.07, 6.45) is 3.80. The van der Waals surface area contributed by atoms with Gasteiger partial charge in [-0.2, -0.15) is 0 Å². The predicted molar refractivity (Wildman–Crippen MR) is 73.9 cm³/mol. The van der Waals surface area contributed by atoms with Crippen LogP contribution >= 0.6 is 27.7 Å². The first-order valence-electron chi connectivity index (χ1n) is 5.14. The molecule has 0 amide bonds. The molecular weight excluding hydrogens is 350 g/mol. The van der Waals surface area contributed by atoms with Crippen molar-refractivity contribution >= 4 is 39.3 Å². The van der Waals surface area contributed by atoms with Crippen LogP contribution in [0.15, 0.2) is 45.1 Å². The van der Waals surface area contributed by atoms with Crippen molar-refractivity contribution < 1.29 is 14.8 Å². The number of carbonyl (C=O) groups is 1. The molecule has 1 N–H and O–H groups in total. The second-order valence-electron chi connectivity index (χ2n) is 3.52. The summed E-state index contributed by atoms with van der Waals surface area (Å²) < 4.78 is 0.473. The second kappa shape index (κ2) is 5.97. The Labute approximate surface area is 125 Å². The van der Waals surface area contributed by atoms with E-state index >= 15 is 0 Å². The van der Waals surface area contributed by atoms with Gasteiger partial charge in [-0.15, -0.1) is 0 Å². The Morgan fingerprint density at radius 3 is 2.65 bits per heavy atom. The van der Waals surface area contributed by atoms with Crippen LogP contribution in [0.4, 0.5) is 5.69 Å². The SMILES string of the molecule is O=C(O)c1ccc(Sc2c(Br)cncc2[N+](=O)[O-])nc1. The van der Waals surface area contributed by atoms with Crippen molar-refractivity contribution in [2.75, 3.05) is 0 Å². The van der Waals surface area contributed by atoms with Crippen LogP contribution in [0.25, 0.3) is 0 Å². The number of halogens is 1. The van der Waals surface area contributed by atoms with Crippen molar-refractivity contribution in [2.24, 2.45) is 0 Å². The highest BCUT2D eigenvalue weighted by Gasteiger charge is 2.19. The van der Waals surface area contributed by atoms with E-state index in [0.717, 1.165) is 18.0 Å². The Kier molecular flexibility index (Phi) is 4.30. The average molecular weight is 356 g/mol. The highest BCUT2D eigenvalue weighted by molar-refractivity contribution is 9.10. The minimum atomic E-state index is -1.08. The number of aromatic nitrogens is 2. The normalized spacial score (nSPS) is 10.2. The minimum Gasteiger partial charge on any atom is -0.478 e. The summed E-state index contributed by atoms with van der Waals surface area (Å²) in [6, 6.07) is 2.88. The summed E-state index contributed by atoms with van der Waals surface area (Å²) in [7, 11) is 0. The van der Waals surface area contributed by atoms with Gasteiger partial charge in [-0.25, -0.2) is 9.78 Å². The van der Waals surface area contributed by atoms with E-state index in [-0.39, 0.29) is 11.3 Å². The van der Waals surface area contributed by atoms with E-state index in [1.54, 1.807) is 0 Å². The minimum absolute atomic E-state index is 0.0534. The molecule has 2 aromatic heterocycles. The highest BCUT2D eigenvalue weighted by Crippen LogP contribution is 2.38. The Bertz CT molecular complexity index is 678. The lowest BCUT2D eigenvalue weighted by molar-refractivity contribution is -0.388. The summed E-state index contributed by atoms with van der Waals surface area (Å²) in [5, 5.41) is 20.2. The molecule has 2 rings (SSSR count). The van der Waals surface area contributed by atoms with Crippen molar-refractivity contribution in [1.82, 2.24) is 9.97 Å². The molecule has 0 saturated carbocycles. The predicted octanol–water partition coefficient (Wildman–Crippen LogP) is 3.00. The number of aromatic carboxylic acids is 1. The fraction of sp³-hybridized carbons (Fsp3) is 0. The summed E-state index contributed by atoms with van der Waals surface area (Å²) in [5.41, 5.74) is -0.0915. The number of carboxylic acid groups (broad SMARTS) is 1. The maximum absolute atomic E-state index is 10.9. The molecule has 20 heavy (non-hydrogen) atoms. The summed E-state index contributed by atoms with van der Waals surface area (Å²) in [4.78, 5) is 29.2. The first kappa shape index (κ1) is 14.4. The molecule has 9 heteroatoms. The van der Waals surface area contributed by atoms with Gasteiger partial charge in [-0.1, -0.05) is 11.8 Å². The molecule has 0 aliphatic rings. The van der Waals surface area contributed by atoms with Gasteiger partial charge in [0.2, 0.25) is 0 Å². The van der Waals surface area contributed by atoms with E-state index in [1.165, 1.54) is 24.5 Å². The zero-order valence-corrected chi connectivity index (χ0v) is 12.1. The largest absolute Gasteiger partial charge is 0.478 e. The van der Waals surface area contributed by atoms with Crippen LogP contribution in [0.3, 0.4) is 0 Å². The third kappa shape index (κ3) is 3.11. The van der Waals surface area contributed by atoms with Crippen LogP contribution in [0, 0.1) is 10.1 Å². The smallest absolute Gasteiger partial charge is 0.337 e. The van der Waals surface area contributed by atoms with Gasteiger partial charge < -0.3 is 5.11 Å². The van der Waals surface area contributed by atoms with Crippen molar-refractivity contribution in [3.8, 4) is 0 Å². The van der Waals surface area contributed by atoms with Gasteiger partial charge in [0.1, 0.15) is 16.1 Å². The van der Waals surface area contributed by atoms with Crippen molar-refractivity contribution in [3.05, 3.63) is 50.9 Å². The molecular formula is C11H6BrN3O4S. The van der Waals surface area contributed by atoms with Gasteiger partial charge in [-0.05, 0) is 28.1 Å². The standard InChI is InChI=1S/C11H6BrN3O4S/c12-7-4-13-5-8(15(18)19)10(7)20-9-2-1-6(3-14-9)11(16)17/h1-5H,(H,16,17). The number of rotatable bonds is 4. The molecule has 0 aliphatic heterocycles. The molecule has 0 unspecified atom stereocenters. The summed E-state index contributed by atoms with van der Waals surface area (Å²) >= 11 is 4.26. The van der Waals surface area contributed by atoms with Gasteiger partial charge in [0, 0.05) is 12.4 Å². The Balaban J connectivity index is 2.34. The van der Waals surface area contributed by atoms with E-state index in [9.17, 15) is 14.9 Å². The van der Waals surface area contributed by atoms with Gasteiger partial charge in [0.05, 0.1) is 15.0 Å². The molecule has 0 atom stereocenters. The molecule has 0 fully saturated rings. The zero-order valence-electron chi connectivity index (χ0n) is 9.69. The third-order valence-electron chi connectivity index (χ3n) is 2.22. The van der Waals surface area contributed by atoms with Crippen molar-refractivity contribution in [1.29, 1.82) is 0 Å². The van der Waals surface area contributed by atoms with E-state index in [0.29, 0.717) is 14.4 Å². The molecule has 0 aliphatic carbocycles. The lowest BCUT2D eigenvalue weighted by Gasteiger charge is -2.04. The maximum Gasteiger partial charge on any atom is 0.337 e. The van der Waals surface area contributed by atoms with Gasteiger partial charge in [-0.3, -0.25) is 15.1 Å². The van der Waals surface area contributed by atoms with Crippen LogP contribution in [-0.4, -0.2) is 26.0 Å². The average Bonchev–Trinajstić information content (AvgIpc) is 2.41. The Hall–Kier alpha value is -2.00. The maximum atomic E-state index is 10.9. The van der Waals surface area contributed by atoms with Gasteiger partial charge in [0.15, 0.2) is 0 Å². The number of nitro groups is 1.